The Labute approximate surface area is 105 Å². The van der Waals surface area contributed by atoms with Crippen LogP contribution in [-0.4, -0.2) is 5.90 Å². The van der Waals surface area contributed by atoms with Crippen LogP contribution >= 0.6 is 11.6 Å². The van der Waals surface area contributed by atoms with Gasteiger partial charge in [0.25, 0.3) is 0 Å². The third kappa shape index (κ3) is 2.04. The van der Waals surface area contributed by atoms with E-state index in [-0.39, 0.29) is 0 Å². The summed E-state index contributed by atoms with van der Waals surface area (Å²) in [7, 11) is 0. The molecule has 0 saturated heterocycles. The first kappa shape index (κ1) is 10.4. The fourth-order valence-corrected chi connectivity index (χ4v) is 1.95. The van der Waals surface area contributed by atoms with Crippen LogP contribution in [0.25, 0.3) is 0 Å². The molecule has 0 fully saturated rings. The first-order chi connectivity index (χ1) is 8.33. The van der Waals surface area contributed by atoms with E-state index < -0.39 is 0 Å². The molecule has 0 saturated carbocycles. The standard InChI is InChI=1S/C14H10ClNO/c15-12-7-6-11-9-17-14(16-13(11)8-12)10-4-2-1-3-5-10/h1-8H,9H2. The lowest BCUT2D eigenvalue weighted by molar-refractivity contribution is 0.288. The van der Waals surface area contributed by atoms with Crippen LogP contribution in [0.4, 0.5) is 5.69 Å². The summed E-state index contributed by atoms with van der Waals surface area (Å²) < 4.78 is 5.64. The summed E-state index contributed by atoms with van der Waals surface area (Å²) in [4.78, 5) is 4.49. The minimum atomic E-state index is 0.542. The lowest BCUT2D eigenvalue weighted by Gasteiger charge is -2.17. The number of ether oxygens (including phenoxy) is 1. The van der Waals surface area contributed by atoms with Crippen LogP contribution < -0.4 is 0 Å². The van der Waals surface area contributed by atoms with Crippen molar-refractivity contribution >= 4 is 23.2 Å². The molecular weight excluding hydrogens is 234 g/mol. The van der Waals surface area contributed by atoms with Gasteiger partial charge in [-0.2, -0.15) is 0 Å². The van der Waals surface area contributed by atoms with Gasteiger partial charge in [-0.1, -0.05) is 35.9 Å². The molecule has 0 radical (unpaired) electrons. The monoisotopic (exact) mass is 243 g/mol. The number of aliphatic imine (C=N–C) groups is 1. The Morgan fingerprint density at radius 2 is 1.88 bits per heavy atom. The molecule has 0 N–H and O–H groups in total. The predicted molar refractivity (Wildman–Crippen MR) is 68.9 cm³/mol. The summed E-state index contributed by atoms with van der Waals surface area (Å²) in [5.74, 6) is 0.653. The second-order valence-corrected chi connectivity index (χ2v) is 4.28. The highest BCUT2D eigenvalue weighted by Crippen LogP contribution is 2.29. The molecule has 17 heavy (non-hydrogen) atoms. The molecule has 3 heteroatoms. The van der Waals surface area contributed by atoms with E-state index in [0.29, 0.717) is 17.5 Å². The Morgan fingerprint density at radius 1 is 1.06 bits per heavy atom. The Balaban J connectivity index is 2.05. The van der Waals surface area contributed by atoms with Crippen molar-refractivity contribution in [3.63, 3.8) is 0 Å². The maximum Gasteiger partial charge on any atom is 0.221 e. The van der Waals surface area contributed by atoms with Crippen molar-refractivity contribution in [2.24, 2.45) is 4.99 Å². The van der Waals surface area contributed by atoms with Gasteiger partial charge in [0.15, 0.2) is 0 Å². The Bertz CT molecular complexity index is 578. The molecule has 0 aliphatic carbocycles. The van der Waals surface area contributed by atoms with E-state index in [1.807, 2.05) is 48.5 Å². The fraction of sp³-hybridized carbons (Fsp3) is 0.0714. The van der Waals surface area contributed by atoms with Crippen LogP contribution in [-0.2, 0) is 11.3 Å². The van der Waals surface area contributed by atoms with Gasteiger partial charge in [0.2, 0.25) is 5.90 Å². The third-order valence-corrected chi connectivity index (χ3v) is 2.89. The molecule has 0 aromatic heterocycles. The summed E-state index contributed by atoms with van der Waals surface area (Å²) in [5.41, 5.74) is 2.94. The molecule has 1 aliphatic heterocycles. The highest BCUT2D eigenvalue weighted by atomic mass is 35.5. The average molecular weight is 244 g/mol. The van der Waals surface area contributed by atoms with Crippen LogP contribution in [0.15, 0.2) is 53.5 Å². The van der Waals surface area contributed by atoms with Crippen molar-refractivity contribution in [1.29, 1.82) is 0 Å². The summed E-state index contributed by atoms with van der Waals surface area (Å²) in [6.45, 7) is 0.542. The van der Waals surface area contributed by atoms with Gasteiger partial charge in [-0.3, -0.25) is 0 Å². The molecule has 2 aromatic rings. The van der Waals surface area contributed by atoms with Crippen molar-refractivity contribution in [2.75, 3.05) is 0 Å². The van der Waals surface area contributed by atoms with E-state index in [2.05, 4.69) is 4.99 Å². The zero-order chi connectivity index (χ0) is 11.7. The molecule has 0 unspecified atom stereocenters. The van der Waals surface area contributed by atoms with Crippen molar-refractivity contribution in [3.8, 4) is 0 Å². The zero-order valence-electron chi connectivity index (χ0n) is 9.06. The predicted octanol–water partition coefficient (Wildman–Crippen LogP) is 3.95. The highest BCUT2D eigenvalue weighted by Gasteiger charge is 2.14. The molecule has 0 amide bonds. The first-order valence-corrected chi connectivity index (χ1v) is 5.76. The first-order valence-electron chi connectivity index (χ1n) is 5.38. The molecule has 1 aliphatic rings. The number of rotatable bonds is 1. The number of nitrogens with zero attached hydrogens (tertiary/aromatic N) is 1. The third-order valence-electron chi connectivity index (χ3n) is 2.65. The van der Waals surface area contributed by atoms with E-state index in [0.717, 1.165) is 16.8 Å². The van der Waals surface area contributed by atoms with Gasteiger partial charge in [0, 0.05) is 16.1 Å². The van der Waals surface area contributed by atoms with Gasteiger partial charge in [-0.15, -0.1) is 0 Å². The van der Waals surface area contributed by atoms with Gasteiger partial charge in [0.05, 0.1) is 5.69 Å². The average Bonchev–Trinajstić information content (AvgIpc) is 2.39. The van der Waals surface area contributed by atoms with Gasteiger partial charge in [0.1, 0.15) is 6.61 Å². The molecule has 0 atom stereocenters. The number of hydrogen-bond acceptors (Lipinski definition) is 2. The molecular formula is C14H10ClNO. The molecule has 1 heterocycles. The summed E-state index contributed by atoms with van der Waals surface area (Å²) in [6.07, 6.45) is 0. The minimum Gasteiger partial charge on any atom is -0.472 e. The molecule has 2 nitrogen and oxygen atoms in total. The van der Waals surface area contributed by atoms with Crippen molar-refractivity contribution in [3.05, 3.63) is 64.7 Å². The molecule has 2 aromatic carbocycles. The van der Waals surface area contributed by atoms with Crippen LogP contribution in [0.1, 0.15) is 11.1 Å². The smallest absolute Gasteiger partial charge is 0.221 e. The van der Waals surface area contributed by atoms with Gasteiger partial charge >= 0.3 is 0 Å². The number of benzene rings is 2. The van der Waals surface area contributed by atoms with E-state index in [1.165, 1.54) is 0 Å². The minimum absolute atomic E-state index is 0.542. The maximum absolute atomic E-state index is 5.96. The summed E-state index contributed by atoms with van der Waals surface area (Å²) in [6, 6.07) is 15.5. The van der Waals surface area contributed by atoms with Crippen molar-refractivity contribution in [2.45, 2.75) is 6.61 Å². The lowest BCUT2D eigenvalue weighted by Crippen LogP contribution is -2.10. The largest absolute Gasteiger partial charge is 0.472 e. The van der Waals surface area contributed by atoms with E-state index >= 15 is 0 Å². The summed E-state index contributed by atoms with van der Waals surface area (Å²) >= 11 is 5.96. The van der Waals surface area contributed by atoms with Gasteiger partial charge in [-0.05, 0) is 24.3 Å². The Kier molecular flexibility index (Phi) is 2.57. The Morgan fingerprint density at radius 3 is 2.71 bits per heavy atom. The van der Waals surface area contributed by atoms with Crippen LogP contribution in [0, 0.1) is 0 Å². The number of fused-ring (bicyclic) bond motifs is 1. The second-order valence-electron chi connectivity index (χ2n) is 3.84. The van der Waals surface area contributed by atoms with E-state index in [4.69, 9.17) is 16.3 Å². The highest BCUT2D eigenvalue weighted by molar-refractivity contribution is 6.30. The van der Waals surface area contributed by atoms with Crippen LogP contribution in [0.5, 0.6) is 0 Å². The van der Waals surface area contributed by atoms with Crippen molar-refractivity contribution in [1.82, 2.24) is 0 Å². The number of hydrogen-bond donors (Lipinski definition) is 0. The van der Waals surface area contributed by atoms with E-state index in [9.17, 15) is 0 Å². The molecule has 0 spiro atoms. The fourth-order valence-electron chi connectivity index (χ4n) is 1.78. The SMILES string of the molecule is Clc1ccc2c(c1)N=C(c1ccccc1)OC2. The van der Waals surface area contributed by atoms with Crippen LogP contribution in [0.3, 0.4) is 0 Å². The zero-order valence-corrected chi connectivity index (χ0v) is 9.82. The van der Waals surface area contributed by atoms with Crippen molar-refractivity contribution < 1.29 is 4.74 Å². The topological polar surface area (TPSA) is 21.6 Å². The van der Waals surface area contributed by atoms with Gasteiger partial charge in [-0.25, -0.2) is 4.99 Å². The van der Waals surface area contributed by atoms with E-state index in [1.54, 1.807) is 0 Å². The maximum atomic E-state index is 5.96. The second kappa shape index (κ2) is 4.22. The Hall–Kier alpha value is -1.80. The molecule has 3 rings (SSSR count). The molecule has 84 valence electrons. The number of halogens is 1. The quantitative estimate of drug-likeness (QED) is 0.743. The normalized spacial score (nSPS) is 13.6. The summed E-state index contributed by atoms with van der Waals surface area (Å²) in [5, 5.41) is 0.696. The van der Waals surface area contributed by atoms with Gasteiger partial charge < -0.3 is 4.74 Å². The molecule has 0 bridgehead atoms. The lowest BCUT2D eigenvalue weighted by atomic mass is 10.1. The van der Waals surface area contributed by atoms with Crippen LogP contribution in [0.2, 0.25) is 5.02 Å².